The van der Waals surface area contributed by atoms with Crippen molar-refractivity contribution < 1.29 is 28.8 Å². The molecule has 1 fully saturated rings. The molecule has 206 valence electrons. The summed E-state index contributed by atoms with van der Waals surface area (Å²) in [6, 6.07) is 3.85. The minimum atomic E-state index is -0.836. The maximum atomic E-state index is 12.2. The van der Waals surface area contributed by atoms with Gasteiger partial charge < -0.3 is 29.8 Å². The van der Waals surface area contributed by atoms with Crippen molar-refractivity contribution in [3.63, 3.8) is 0 Å². The Hall–Kier alpha value is -3.52. The Morgan fingerprint density at radius 3 is 2.69 bits per heavy atom. The smallest absolute Gasteiger partial charge is 0.308 e. The monoisotopic (exact) mass is 534 g/mol. The molecule has 3 N–H and O–H groups in total. The molecule has 4 aliphatic heterocycles. The second-order valence-electron chi connectivity index (χ2n) is 11.1. The topological polar surface area (TPSA) is 131 Å². The Labute approximate surface area is 227 Å². The van der Waals surface area contributed by atoms with Gasteiger partial charge in [0.2, 0.25) is 6.79 Å². The normalized spacial score (nSPS) is 27.1. The number of ether oxygens (including phenoxy) is 4. The van der Waals surface area contributed by atoms with Gasteiger partial charge in [0.25, 0.3) is 0 Å². The lowest BCUT2D eigenvalue weighted by atomic mass is 9.70. The van der Waals surface area contributed by atoms with E-state index >= 15 is 0 Å². The summed E-state index contributed by atoms with van der Waals surface area (Å²) >= 11 is 0. The van der Waals surface area contributed by atoms with Gasteiger partial charge in [-0.3, -0.25) is 14.6 Å². The number of benzene rings is 2. The van der Waals surface area contributed by atoms with Gasteiger partial charge in [0.1, 0.15) is 11.3 Å². The van der Waals surface area contributed by atoms with Crippen LogP contribution in [0.1, 0.15) is 58.8 Å². The number of carbonyl (C=O) groups is 1. The van der Waals surface area contributed by atoms with Gasteiger partial charge in [0, 0.05) is 48.3 Å². The Bertz CT molecular complexity index is 1430. The highest BCUT2D eigenvalue weighted by Gasteiger charge is 2.58. The number of nitrogens with two attached hydrogens (primary N) is 1. The zero-order chi connectivity index (χ0) is 27.8. The van der Waals surface area contributed by atoms with Crippen molar-refractivity contribution in [2.24, 2.45) is 5.73 Å². The van der Waals surface area contributed by atoms with Crippen LogP contribution in [0.5, 0.6) is 28.7 Å². The predicted octanol–water partition coefficient (Wildman–Crippen LogP) is 2.79. The number of piperazine rings is 1. The van der Waals surface area contributed by atoms with Crippen LogP contribution in [-0.2, 0) is 17.6 Å². The fourth-order valence-corrected chi connectivity index (χ4v) is 7.63. The Kier molecular flexibility index (Phi) is 5.95. The number of hydrogen-bond donors (Lipinski definition) is 2. The SMILES string of the molecule is COc1c(C)cc2c(c1O)[C@@H]1C3Cc4c(OC(C)=O)c(C)c5c(c4[C@H](CN)N3[C@](C#N)(CC2)CN1C)OCO5. The molecular weight excluding hydrogens is 500 g/mol. The lowest BCUT2D eigenvalue weighted by molar-refractivity contribution is -0.132. The van der Waals surface area contributed by atoms with E-state index < -0.39 is 17.6 Å². The van der Waals surface area contributed by atoms with E-state index in [1.54, 1.807) is 7.11 Å². The number of phenols is 1. The van der Waals surface area contributed by atoms with E-state index in [0.717, 1.165) is 27.8 Å². The van der Waals surface area contributed by atoms with Crippen molar-refractivity contribution in [1.29, 1.82) is 5.26 Å². The standard InChI is InChI=1S/C29H34N4O6/c1-14-8-17-6-7-29(11-31)12-32(4)23(21(17)24(35)25(14)36-5)19-9-18-22(20(10-30)33(19)29)28-27(37-13-38-28)15(2)26(18)39-16(3)34/h8,19-20,23,35H,6-7,9-10,12-13,30H2,1-5H3/t19?,20-,23-,29-/m0/s1. The van der Waals surface area contributed by atoms with Gasteiger partial charge in [-0.2, -0.15) is 5.26 Å². The first kappa shape index (κ1) is 25.7. The Balaban J connectivity index is 1.65. The first-order valence-electron chi connectivity index (χ1n) is 13.3. The fourth-order valence-electron chi connectivity index (χ4n) is 7.63. The molecule has 2 aromatic carbocycles. The average molecular weight is 535 g/mol. The van der Waals surface area contributed by atoms with E-state index in [1.165, 1.54) is 6.92 Å². The highest BCUT2D eigenvalue weighted by molar-refractivity contribution is 5.74. The molecular formula is C29H34N4O6. The molecule has 39 heavy (non-hydrogen) atoms. The Morgan fingerprint density at radius 1 is 1.28 bits per heavy atom. The number of hydrogen-bond acceptors (Lipinski definition) is 10. The molecule has 10 heteroatoms. The predicted molar refractivity (Wildman–Crippen MR) is 141 cm³/mol. The quantitative estimate of drug-likeness (QED) is 0.448. The molecule has 4 heterocycles. The molecule has 2 aromatic rings. The van der Waals surface area contributed by atoms with Crippen LogP contribution in [0.3, 0.4) is 0 Å². The number of nitrogens with zero attached hydrogens (tertiary/aromatic N) is 3. The van der Waals surface area contributed by atoms with E-state index in [-0.39, 0.29) is 31.2 Å². The van der Waals surface area contributed by atoms with Crippen molar-refractivity contribution >= 4 is 5.97 Å². The highest BCUT2D eigenvalue weighted by Crippen LogP contribution is 2.58. The third-order valence-electron chi connectivity index (χ3n) is 8.97. The number of nitriles is 1. The molecule has 0 amide bonds. The second-order valence-corrected chi connectivity index (χ2v) is 11.1. The van der Waals surface area contributed by atoms with Gasteiger partial charge in [0.05, 0.1) is 25.3 Å². The van der Waals surface area contributed by atoms with Crippen LogP contribution < -0.4 is 24.7 Å². The number of carbonyl (C=O) groups excluding carboxylic acids is 1. The molecule has 10 nitrogen and oxygen atoms in total. The number of aryl methyl sites for hydroxylation is 2. The van der Waals surface area contributed by atoms with Crippen LogP contribution in [0.2, 0.25) is 0 Å². The molecule has 0 aliphatic carbocycles. The van der Waals surface area contributed by atoms with E-state index in [1.807, 2.05) is 20.9 Å². The summed E-state index contributed by atoms with van der Waals surface area (Å²) in [6.45, 7) is 5.92. The first-order valence-corrected chi connectivity index (χ1v) is 13.3. The molecule has 0 aromatic heterocycles. The Morgan fingerprint density at radius 2 is 2.03 bits per heavy atom. The van der Waals surface area contributed by atoms with Crippen molar-refractivity contribution in [3.8, 4) is 34.8 Å². The summed E-state index contributed by atoms with van der Waals surface area (Å²) in [7, 11) is 3.56. The summed E-state index contributed by atoms with van der Waals surface area (Å²) in [5, 5.41) is 22.4. The van der Waals surface area contributed by atoms with Gasteiger partial charge in [-0.1, -0.05) is 6.07 Å². The maximum Gasteiger partial charge on any atom is 0.308 e. The van der Waals surface area contributed by atoms with E-state index in [4.69, 9.17) is 24.7 Å². The average Bonchev–Trinajstić information content (AvgIpc) is 3.38. The summed E-state index contributed by atoms with van der Waals surface area (Å²) < 4.78 is 23.3. The summed E-state index contributed by atoms with van der Waals surface area (Å²) in [5.74, 6) is 1.76. The van der Waals surface area contributed by atoms with Crippen LogP contribution >= 0.6 is 0 Å². The molecule has 1 unspecified atom stereocenters. The summed E-state index contributed by atoms with van der Waals surface area (Å²) in [5.41, 5.74) is 10.7. The third-order valence-corrected chi connectivity index (χ3v) is 8.97. The van der Waals surface area contributed by atoms with E-state index in [9.17, 15) is 15.2 Å². The third kappa shape index (κ3) is 3.46. The molecule has 0 spiro atoms. The van der Waals surface area contributed by atoms with Crippen molar-refractivity contribution in [1.82, 2.24) is 9.80 Å². The lowest BCUT2D eigenvalue weighted by Crippen LogP contribution is -2.70. The van der Waals surface area contributed by atoms with Crippen molar-refractivity contribution in [2.75, 3.05) is 34.0 Å². The molecule has 0 saturated carbocycles. The van der Waals surface area contributed by atoms with Crippen LogP contribution in [0, 0.1) is 25.2 Å². The van der Waals surface area contributed by atoms with Gasteiger partial charge in [-0.05, 0) is 51.3 Å². The van der Waals surface area contributed by atoms with E-state index in [0.29, 0.717) is 54.4 Å². The van der Waals surface area contributed by atoms with E-state index in [2.05, 4.69) is 21.9 Å². The second kappa shape index (κ2) is 9.01. The zero-order valence-corrected chi connectivity index (χ0v) is 23.0. The minimum absolute atomic E-state index is 0.0575. The lowest BCUT2D eigenvalue weighted by Gasteiger charge is -2.60. The van der Waals surface area contributed by atoms with Crippen LogP contribution in [-0.4, -0.2) is 66.5 Å². The van der Waals surface area contributed by atoms with Crippen molar-refractivity contribution in [3.05, 3.63) is 39.4 Å². The largest absolute Gasteiger partial charge is 0.504 e. The molecule has 6 rings (SSSR count). The number of likely N-dealkylation sites (N-methyl/N-ethyl adjacent to an activating group) is 1. The van der Waals surface area contributed by atoms with Crippen LogP contribution in [0.15, 0.2) is 6.07 Å². The zero-order valence-electron chi connectivity index (χ0n) is 23.0. The van der Waals surface area contributed by atoms with Crippen molar-refractivity contribution in [2.45, 2.75) is 63.7 Å². The first-order chi connectivity index (χ1) is 18.7. The van der Waals surface area contributed by atoms with Gasteiger partial charge >= 0.3 is 5.97 Å². The maximum absolute atomic E-state index is 12.2. The summed E-state index contributed by atoms with van der Waals surface area (Å²) in [6.07, 6.45) is 1.64. The number of fused-ring (bicyclic) bond motifs is 5. The van der Waals surface area contributed by atoms with Gasteiger partial charge in [0.15, 0.2) is 23.0 Å². The number of esters is 1. The van der Waals surface area contributed by atoms with Crippen LogP contribution in [0.4, 0.5) is 0 Å². The number of rotatable bonds is 3. The molecule has 2 bridgehead atoms. The number of methoxy groups -OCH3 is 1. The van der Waals surface area contributed by atoms with Gasteiger partial charge in [-0.15, -0.1) is 0 Å². The molecule has 0 radical (unpaired) electrons. The molecule has 4 aliphatic rings. The number of aromatic hydroxyl groups is 1. The molecule has 1 saturated heterocycles. The molecule has 4 atom stereocenters. The highest BCUT2D eigenvalue weighted by atomic mass is 16.7. The number of phenolic OH excluding ortho intramolecular Hbond substituents is 1. The summed E-state index contributed by atoms with van der Waals surface area (Å²) in [4.78, 5) is 16.7. The van der Waals surface area contributed by atoms with Gasteiger partial charge in [-0.25, -0.2) is 0 Å². The minimum Gasteiger partial charge on any atom is -0.504 e. The van der Waals surface area contributed by atoms with Crippen LogP contribution in [0.25, 0.3) is 0 Å². The fraction of sp³-hybridized carbons (Fsp3) is 0.517.